The Bertz CT molecular complexity index is 743. The second-order valence-corrected chi connectivity index (χ2v) is 6.62. The number of hydrazine groups is 1. The number of anilines is 1. The molecule has 1 heterocycles. The molecule has 0 atom stereocenters. The van der Waals surface area contributed by atoms with E-state index in [1.165, 1.54) is 25.6 Å². The fourth-order valence-corrected chi connectivity index (χ4v) is 3.21. The average Bonchev–Trinajstić information content (AvgIpc) is 2.64. The number of carbonyl (C=O) groups is 1. The molecule has 0 saturated heterocycles. The molecule has 0 aliphatic heterocycles. The van der Waals surface area contributed by atoms with Crippen molar-refractivity contribution in [2.24, 2.45) is 0 Å². The number of aryl methyl sites for hydroxylation is 2. The number of hydrogen-bond donors (Lipinski definition) is 2. The molecule has 0 spiro atoms. The first-order valence-corrected chi connectivity index (χ1v) is 8.73. The van der Waals surface area contributed by atoms with Crippen molar-refractivity contribution in [1.29, 1.82) is 0 Å². The Labute approximate surface area is 147 Å². The third-order valence-corrected chi connectivity index (χ3v) is 4.68. The first-order chi connectivity index (χ1) is 12.1. The van der Waals surface area contributed by atoms with Crippen LogP contribution in [0.2, 0.25) is 0 Å². The molecule has 1 aromatic heterocycles. The second kappa shape index (κ2) is 7.61. The molecule has 1 amide bonds. The number of rotatable bonds is 4. The molecule has 1 aliphatic rings. The number of carbonyl (C=O) groups excluding carboxylic acids is 1. The van der Waals surface area contributed by atoms with Crippen molar-refractivity contribution in [2.45, 2.75) is 52.0 Å². The summed E-state index contributed by atoms with van der Waals surface area (Å²) in [6, 6.07) is 5.39. The molecule has 6 nitrogen and oxygen atoms in total. The molecular weight excluding hydrogens is 316 g/mol. The Kier molecular flexibility index (Phi) is 5.28. The first kappa shape index (κ1) is 17.4. The number of nitrogens with one attached hydrogen (secondary N) is 1. The SMILES string of the molecule is Cc1cc(N(NC2CCCCC2)C(=O)c2ccncn2)c(C)cc1O. The fourth-order valence-electron chi connectivity index (χ4n) is 3.21. The topological polar surface area (TPSA) is 78.4 Å². The van der Waals surface area contributed by atoms with Crippen LogP contribution in [-0.4, -0.2) is 27.0 Å². The lowest BCUT2D eigenvalue weighted by Crippen LogP contribution is -2.49. The molecule has 132 valence electrons. The summed E-state index contributed by atoms with van der Waals surface area (Å²) in [5, 5.41) is 11.5. The van der Waals surface area contributed by atoms with Crippen molar-refractivity contribution in [3.8, 4) is 5.75 Å². The van der Waals surface area contributed by atoms with Gasteiger partial charge in [0.2, 0.25) is 0 Å². The number of phenols is 1. The van der Waals surface area contributed by atoms with Crippen LogP contribution in [0.4, 0.5) is 5.69 Å². The number of aromatic nitrogens is 2. The number of phenolic OH excluding ortho intramolecular Hbond substituents is 1. The van der Waals surface area contributed by atoms with Crippen molar-refractivity contribution in [3.63, 3.8) is 0 Å². The fraction of sp³-hybridized carbons (Fsp3) is 0.421. The van der Waals surface area contributed by atoms with Crippen LogP contribution < -0.4 is 10.4 Å². The zero-order chi connectivity index (χ0) is 17.8. The van der Waals surface area contributed by atoms with E-state index in [1.54, 1.807) is 23.3 Å². The molecule has 0 bridgehead atoms. The van der Waals surface area contributed by atoms with Crippen LogP contribution in [-0.2, 0) is 0 Å². The Morgan fingerprint density at radius 2 is 1.96 bits per heavy atom. The van der Waals surface area contributed by atoms with Gasteiger partial charge in [0.25, 0.3) is 5.91 Å². The molecular formula is C19H24N4O2. The lowest BCUT2D eigenvalue weighted by Gasteiger charge is -2.32. The van der Waals surface area contributed by atoms with Crippen molar-refractivity contribution in [2.75, 3.05) is 5.01 Å². The Balaban J connectivity index is 1.96. The quantitative estimate of drug-likeness (QED) is 0.835. The summed E-state index contributed by atoms with van der Waals surface area (Å²) in [4.78, 5) is 21.1. The number of amides is 1. The lowest BCUT2D eigenvalue weighted by atomic mass is 9.96. The minimum Gasteiger partial charge on any atom is -0.508 e. The van der Waals surface area contributed by atoms with Crippen LogP contribution in [0.15, 0.2) is 30.7 Å². The standard InChI is InChI=1S/C19H24N4O2/c1-13-11-18(24)14(2)10-17(13)23(22-15-6-4-3-5-7-15)19(25)16-8-9-20-12-21-16/h8-12,15,22,24H,3-7H2,1-2H3. The van der Waals surface area contributed by atoms with E-state index in [-0.39, 0.29) is 17.7 Å². The van der Waals surface area contributed by atoms with Crippen LogP contribution >= 0.6 is 0 Å². The Morgan fingerprint density at radius 1 is 1.20 bits per heavy atom. The summed E-state index contributed by atoms with van der Waals surface area (Å²) in [5.74, 6) is 0.00881. The van der Waals surface area contributed by atoms with Gasteiger partial charge in [0.15, 0.2) is 0 Å². The number of benzene rings is 1. The Hall–Kier alpha value is -2.47. The molecule has 1 fully saturated rings. The molecule has 2 aromatic rings. The van der Waals surface area contributed by atoms with Gasteiger partial charge in [0, 0.05) is 12.2 Å². The smallest absolute Gasteiger partial charge is 0.291 e. The van der Waals surface area contributed by atoms with Gasteiger partial charge in [0.05, 0.1) is 5.69 Å². The zero-order valence-corrected chi connectivity index (χ0v) is 14.7. The van der Waals surface area contributed by atoms with Crippen molar-refractivity contribution < 1.29 is 9.90 Å². The van der Waals surface area contributed by atoms with Crippen LogP contribution in [0.3, 0.4) is 0 Å². The molecule has 0 unspecified atom stereocenters. The predicted molar refractivity (Wildman–Crippen MR) is 96.4 cm³/mol. The predicted octanol–water partition coefficient (Wildman–Crippen LogP) is 3.28. The second-order valence-electron chi connectivity index (χ2n) is 6.62. The van der Waals surface area contributed by atoms with E-state index in [0.29, 0.717) is 5.69 Å². The zero-order valence-electron chi connectivity index (χ0n) is 14.7. The maximum atomic E-state index is 13.1. The summed E-state index contributed by atoms with van der Waals surface area (Å²) >= 11 is 0. The van der Waals surface area contributed by atoms with Gasteiger partial charge >= 0.3 is 0 Å². The lowest BCUT2D eigenvalue weighted by molar-refractivity contribution is 0.0960. The van der Waals surface area contributed by atoms with E-state index in [9.17, 15) is 9.90 Å². The van der Waals surface area contributed by atoms with E-state index < -0.39 is 0 Å². The minimum absolute atomic E-state index is 0.221. The van der Waals surface area contributed by atoms with Crippen LogP contribution in [0.25, 0.3) is 0 Å². The molecule has 25 heavy (non-hydrogen) atoms. The summed E-state index contributed by atoms with van der Waals surface area (Å²) in [6.07, 6.45) is 8.61. The van der Waals surface area contributed by atoms with Crippen molar-refractivity contribution >= 4 is 11.6 Å². The molecule has 1 aromatic carbocycles. The van der Waals surface area contributed by atoms with Crippen LogP contribution in [0.5, 0.6) is 5.75 Å². The van der Waals surface area contributed by atoms with E-state index in [0.717, 1.165) is 29.7 Å². The highest BCUT2D eigenvalue weighted by molar-refractivity contribution is 6.04. The van der Waals surface area contributed by atoms with E-state index in [1.807, 2.05) is 19.9 Å². The maximum Gasteiger partial charge on any atom is 0.291 e. The maximum absolute atomic E-state index is 13.1. The molecule has 1 saturated carbocycles. The number of nitrogens with zero attached hydrogens (tertiary/aromatic N) is 3. The molecule has 3 rings (SSSR count). The van der Waals surface area contributed by atoms with Gasteiger partial charge in [0.1, 0.15) is 17.8 Å². The van der Waals surface area contributed by atoms with Gasteiger partial charge in [-0.25, -0.2) is 20.4 Å². The van der Waals surface area contributed by atoms with Gasteiger partial charge in [-0.1, -0.05) is 19.3 Å². The minimum atomic E-state index is -0.221. The van der Waals surface area contributed by atoms with E-state index in [2.05, 4.69) is 15.4 Å². The summed E-state index contributed by atoms with van der Waals surface area (Å²) < 4.78 is 0. The highest BCUT2D eigenvalue weighted by atomic mass is 16.3. The van der Waals surface area contributed by atoms with Gasteiger partial charge in [-0.3, -0.25) is 4.79 Å². The van der Waals surface area contributed by atoms with Gasteiger partial charge < -0.3 is 5.11 Å². The van der Waals surface area contributed by atoms with Crippen LogP contribution in [0, 0.1) is 13.8 Å². The van der Waals surface area contributed by atoms with Gasteiger partial charge in [-0.2, -0.15) is 0 Å². The molecule has 0 radical (unpaired) electrons. The highest BCUT2D eigenvalue weighted by Gasteiger charge is 2.25. The molecule has 2 N–H and O–H groups in total. The van der Waals surface area contributed by atoms with E-state index in [4.69, 9.17) is 0 Å². The summed E-state index contributed by atoms with van der Waals surface area (Å²) in [7, 11) is 0. The highest BCUT2D eigenvalue weighted by Crippen LogP contribution is 2.29. The van der Waals surface area contributed by atoms with Gasteiger partial charge in [-0.15, -0.1) is 0 Å². The first-order valence-electron chi connectivity index (χ1n) is 8.73. The van der Waals surface area contributed by atoms with E-state index >= 15 is 0 Å². The largest absolute Gasteiger partial charge is 0.508 e. The molecule has 1 aliphatic carbocycles. The average molecular weight is 340 g/mol. The van der Waals surface area contributed by atoms with Crippen molar-refractivity contribution in [1.82, 2.24) is 15.4 Å². The normalized spacial score (nSPS) is 15.1. The molecule has 6 heteroatoms. The van der Waals surface area contributed by atoms with Gasteiger partial charge in [-0.05, 0) is 56.0 Å². The Morgan fingerprint density at radius 3 is 2.64 bits per heavy atom. The van der Waals surface area contributed by atoms with Crippen molar-refractivity contribution in [3.05, 3.63) is 47.5 Å². The number of hydrogen-bond acceptors (Lipinski definition) is 5. The third-order valence-electron chi connectivity index (χ3n) is 4.68. The third kappa shape index (κ3) is 3.96. The summed E-state index contributed by atoms with van der Waals surface area (Å²) in [5.41, 5.74) is 6.03. The number of aromatic hydroxyl groups is 1. The van der Waals surface area contributed by atoms with Crippen LogP contribution in [0.1, 0.15) is 53.7 Å². The summed E-state index contributed by atoms with van der Waals surface area (Å²) in [6.45, 7) is 3.71. The monoisotopic (exact) mass is 340 g/mol.